The van der Waals surface area contributed by atoms with Crippen molar-refractivity contribution in [3.8, 4) is 0 Å². The second kappa shape index (κ2) is 11.7. The Balaban J connectivity index is 1.67. The van der Waals surface area contributed by atoms with Gasteiger partial charge in [0.05, 0.1) is 7.11 Å². The van der Waals surface area contributed by atoms with Crippen LogP contribution in [-0.2, 0) is 14.3 Å². The van der Waals surface area contributed by atoms with Crippen molar-refractivity contribution in [3.05, 3.63) is 0 Å². The zero-order valence-electron chi connectivity index (χ0n) is 16.9. The summed E-state index contributed by atoms with van der Waals surface area (Å²) in [4.78, 5) is 24.0. The molecule has 0 spiro atoms. The quantitative estimate of drug-likeness (QED) is 0.359. The van der Waals surface area contributed by atoms with E-state index >= 15 is 0 Å². The highest BCUT2D eigenvalue weighted by molar-refractivity contribution is 5.82. The molecule has 2 aliphatic rings. The lowest BCUT2D eigenvalue weighted by Gasteiger charge is -2.31. The van der Waals surface area contributed by atoms with Crippen molar-refractivity contribution >= 4 is 11.8 Å². The van der Waals surface area contributed by atoms with E-state index < -0.39 is 0 Å². The van der Waals surface area contributed by atoms with Crippen LogP contribution in [0.25, 0.3) is 0 Å². The van der Waals surface area contributed by atoms with Gasteiger partial charge in [0.1, 0.15) is 5.78 Å². The van der Waals surface area contributed by atoms with Crippen LogP contribution in [0.2, 0.25) is 0 Å². The molecule has 0 aromatic rings. The molecule has 0 amide bonds. The number of unbranched alkanes of at least 4 members (excludes halogenated alkanes) is 6. The number of hydrogen-bond donors (Lipinski definition) is 1. The summed E-state index contributed by atoms with van der Waals surface area (Å²) < 4.78 is 4.66. The van der Waals surface area contributed by atoms with Crippen molar-refractivity contribution in [1.82, 2.24) is 5.32 Å². The van der Waals surface area contributed by atoms with E-state index in [9.17, 15) is 9.59 Å². The van der Waals surface area contributed by atoms with Gasteiger partial charge in [-0.15, -0.1) is 0 Å². The molecule has 4 nitrogen and oxygen atoms in total. The van der Waals surface area contributed by atoms with Gasteiger partial charge >= 0.3 is 5.97 Å². The molecule has 0 aromatic carbocycles. The first kappa shape index (κ1) is 21.4. The SMILES string of the molecule is CCCCCCCN[C@H]1C2CCC(C2)[C@@H]1C(=O)CCCCCC(=O)OC. The van der Waals surface area contributed by atoms with Crippen molar-refractivity contribution in [3.63, 3.8) is 0 Å². The summed E-state index contributed by atoms with van der Waals surface area (Å²) in [5.74, 6) is 1.93. The largest absolute Gasteiger partial charge is 0.469 e. The second-order valence-electron chi connectivity index (χ2n) is 8.36. The van der Waals surface area contributed by atoms with E-state index in [1.807, 2.05) is 0 Å². The normalized spacial score (nSPS) is 27.0. The minimum atomic E-state index is -0.146. The molecule has 2 saturated carbocycles. The van der Waals surface area contributed by atoms with E-state index in [0.717, 1.165) is 31.7 Å². The maximum absolute atomic E-state index is 12.8. The maximum atomic E-state index is 12.8. The number of fused-ring (bicyclic) bond motifs is 2. The fourth-order valence-electron chi connectivity index (χ4n) is 5.06. The molecular formula is C22H39NO3. The van der Waals surface area contributed by atoms with Gasteiger partial charge in [-0.3, -0.25) is 9.59 Å². The van der Waals surface area contributed by atoms with Crippen LogP contribution in [0, 0.1) is 17.8 Å². The van der Waals surface area contributed by atoms with Gasteiger partial charge in [-0.05, 0) is 56.9 Å². The molecule has 1 N–H and O–H groups in total. The molecule has 2 unspecified atom stereocenters. The van der Waals surface area contributed by atoms with Gasteiger partial charge in [-0.1, -0.05) is 39.0 Å². The van der Waals surface area contributed by atoms with Gasteiger partial charge in [0.25, 0.3) is 0 Å². The van der Waals surface area contributed by atoms with Crippen molar-refractivity contribution in [2.45, 2.75) is 96.4 Å². The summed E-state index contributed by atoms with van der Waals surface area (Å²) in [6, 6.07) is 0.433. The van der Waals surface area contributed by atoms with Crippen LogP contribution in [0.1, 0.15) is 90.4 Å². The van der Waals surface area contributed by atoms with E-state index in [0.29, 0.717) is 30.6 Å². The van der Waals surface area contributed by atoms with E-state index in [2.05, 4.69) is 17.0 Å². The standard InChI is InChI=1S/C22H39NO3/c1-3-4-5-6-10-15-23-22-18-14-13-17(16-18)21(22)19(24)11-8-7-9-12-20(25)26-2/h17-18,21-23H,3-16H2,1-2H3/t17?,18?,21-,22+/m1/s1. The van der Waals surface area contributed by atoms with Gasteiger partial charge in [-0.2, -0.15) is 0 Å². The third-order valence-electron chi connectivity index (χ3n) is 6.48. The number of rotatable bonds is 14. The van der Waals surface area contributed by atoms with E-state index in [4.69, 9.17) is 0 Å². The summed E-state index contributed by atoms with van der Waals surface area (Å²) in [6.07, 6.45) is 14.2. The Bertz CT molecular complexity index is 437. The summed E-state index contributed by atoms with van der Waals surface area (Å²) in [5.41, 5.74) is 0. The molecule has 0 aliphatic heterocycles. The fraction of sp³-hybridized carbons (Fsp3) is 0.909. The number of hydrogen-bond acceptors (Lipinski definition) is 4. The highest BCUT2D eigenvalue weighted by Crippen LogP contribution is 2.49. The van der Waals surface area contributed by atoms with E-state index in [-0.39, 0.29) is 11.9 Å². The van der Waals surface area contributed by atoms with Crippen LogP contribution in [0.4, 0.5) is 0 Å². The van der Waals surface area contributed by atoms with Crippen LogP contribution in [-0.4, -0.2) is 31.4 Å². The summed E-state index contributed by atoms with van der Waals surface area (Å²) in [5, 5.41) is 3.76. The fourth-order valence-corrected chi connectivity index (χ4v) is 5.06. The third kappa shape index (κ3) is 6.37. The number of nitrogens with one attached hydrogen (secondary N) is 1. The van der Waals surface area contributed by atoms with Gasteiger partial charge < -0.3 is 10.1 Å². The Kier molecular flexibility index (Phi) is 9.66. The first-order valence-corrected chi connectivity index (χ1v) is 11.0. The lowest BCUT2D eigenvalue weighted by atomic mass is 9.80. The molecular weight excluding hydrogens is 326 g/mol. The molecule has 0 aromatic heterocycles. The molecule has 2 aliphatic carbocycles. The number of ketones is 1. The zero-order chi connectivity index (χ0) is 18.8. The number of esters is 1. The van der Waals surface area contributed by atoms with Gasteiger partial charge in [0.15, 0.2) is 0 Å². The highest BCUT2D eigenvalue weighted by atomic mass is 16.5. The molecule has 2 rings (SSSR count). The van der Waals surface area contributed by atoms with Crippen molar-refractivity contribution in [2.24, 2.45) is 17.8 Å². The number of ether oxygens (including phenoxy) is 1. The van der Waals surface area contributed by atoms with Crippen LogP contribution >= 0.6 is 0 Å². The molecule has 150 valence electrons. The number of carbonyl (C=O) groups is 2. The summed E-state index contributed by atoms with van der Waals surface area (Å²) in [7, 11) is 1.43. The Labute approximate surface area is 159 Å². The lowest BCUT2D eigenvalue weighted by Crippen LogP contribution is -2.44. The molecule has 0 radical (unpaired) electrons. The van der Waals surface area contributed by atoms with Crippen LogP contribution in [0.5, 0.6) is 0 Å². The minimum Gasteiger partial charge on any atom is -0.469 e. The summed E-state index contributed by atoms with van der Waals surface area (Å²) in [6.45, 7) is 3.32. The number of Topliss-reactive ketones (excluding diaryl/α,β-unsaturated/α-hetero) is 1. The monoisotopic (exact) mass is 365 g/mol. The molecule has 2 bridgehead atoms. The first-order valence-electron chi connectivity index (χ1n) is 11.0. The average Bonchev–Trinajstić information content (AvgIpc) is 3.25. The van der Waals surface area contributed by atoms with E-state index in [1.165, 1.54) is 58.5 Å². The highest BCUT2D eigenvalue weighted by Gasteiger charge is 2.49. The molecule has 26 heavy (non-hydrogen) atoms. The predicted octanol–water partition coefficient (Wildman–Crippen LogP) is 4.65. The lowest BCUT2D eigenvalue weighted by molar-refractivity contribution is -0.140. The molecule has 4 heteroatoms. The van der Waals surface area contributed by atoms with Crippen molar-refractivity contribution < 1.29 is 14.3 Å². The second-order valence-corrected chi connectivity index (χ2v) is 8.36. The van der Waals surface area contributed by atoms with Crippen LogP contribution < -0.4 is 5.32 Å². The van der Waals surface area contributed by atoms with Crippen LogP contribution in [0.15, 0.2) is 0 Å². The van der Waals surface area contributed by atoms with Gasteiger partial charge in [0.2, 0.25) is 0 Å². The Morgan fingerprint density at radius 3 is 2.38 bits per heavy atom. The van der Waals surface area contributed by atoms with Gasteiger partial charge in [0, 0.05) is 24.8 Å². The van der Waals surface area contributed by atoms with Crippen LogP contribution in [0.3, 0.4) is 0 Å². The van der Waals surface area contributed by atoms with Gasteiger partial charge in [-0.25, -0.2) is 0 Å². The zero-order valence-corrected chi connectivity index (χ0v) is 16.9. The summed E-state index contributed by atoms with van der Waals surface area (Å²) >= 11 is 0. The van der Waals surface area contributed by atoms with Crippen molar-refractivity contribution in [2.75, 3.05) is 13.7 Å². The van der Waals surface area contributed by atoms with E-state index in [1.54, 1.807) is 0 Å². The maximum Gasteiger partial charge on any atom is 0.305 e. The minimum absolute atomic E-state index is 0.146. The number of carbonyl (C=O) groups excluding carboxylic acids is 2. The molecule has 4 atom stereocenters. The molecule has 0 heterocycles. The third-order valence-corrected chi connectivity index (χ3v) is 6.48. The smallest absolute Gasteiger partial charge is 0.305 e. The first-order chi connectivity index (χ1) is 12.7. The topological polar surface area (TPSA) is 55.4 Å². The van der Waals surface area contributed by atoms with Crippen molar-refractivity contribution in [1.29, 1.82) is 0 Å². The number of methoxy groups -OCH3 is 1. The average molecular weight is 366 g/mol. The molecule has 0 saturated heterocycles. The predicted molar refractivity (Wildman–Crippen MR) is 105 cm³/mol. The molecule has 2 fully saturated rings. The Morgan fingerprint density at radius 1 is 0.923 bits per heavy atom. The Hall–Kier alpha value is -0.900. The Morgan fingerprint density at radius 2 is 1.62 bits per heavy atom.